The molecule has 2 atom stereocenters. The molecular formula is C20H32O2. The first-order valence-corrected chi connectivity index (χ1v) is 8.47. The predicted molar refractivity (Wildman–Crippen MR) is 93.7 cm³/mol. The Kier molecular flexibility index (Phi) is 7.28. The van der Waals surface area contributed by atoms with Gasteiger partial charge in [-0.3, -0.25) is 4.79 Å². The fraction of sp³-hybridized carbons (Fsp3) is 0.650. The van der Waals surface area contributed by atoms with Gasteiger partial charge < -0.3 is 5.11 Å². The van der Waals surface area contributed by atoms with Crippen LogP contribution in [-0.4, -0.2) is 16.5 Å². The van der Waals surface area contributed by atoms with E-state index < -0.39 is 5.60 Å². The van der Waals surface area contributed by atoms with Crippen LogP contribution in [-0.2, 0) is 4.79 Å². The Bertz CT molecular complexity index is 464. The molecular weight excluding hydrogens is 272 g/mol. The first-order chi connectivity index (χ1) is 10.2. The minimum Gasteiger partial charge on any atom is -0.386 e. The SMILES string of the molecule is C/C1=C/C(=O)C/C(C)=C\CC[C@@](C)(O)/C=C/[C@H](C(C)C)CC1. The van der Waals surface area contributed by atoms with Gasteiger partial charge in [-0.05, 0) is 64.4 Å². The lowest BCUT2D eigenvalue weighted by Gasteiger charge is -2.22. The van der Waals surface area contributed by atoms with Crippen molar-refractivity contribution in [2.45, 2.75) is 72.3 Å². The third kappa shape index (κ3) is 7.22. The molecule has 0 heterocycles. The van der Waals surface area contributed by atoms with Crippen molar-refractivity contribution < 1.29 is 9.90 Å². The third-order valence-corrected chi connectivity index (χ3v) is 4.43. The monoisotopic (exact) mass is 304 g/mol. The molecule has 1 rings (SSSR count). The van der Waals surface area contributed by atoms with E-state index >= 15 is 0 Å². The molecule has 22 heavy (non-hydrogen) atoms. The zero-order valence-corrected chi connectivity index (χ0v) is 14.9. The summed E-state index contributed by atoms with van der Waals surface area (Å²) in [4.78, 5) is 12.0. The molecule has 0 amide bonds. The number of hydrogen-bond donors (Lipinski definition) is 1. The molecule has 0 aromatic rings. The zero-order chi connectivity index (χ0) is 16.8. The summed E-state index contributed by atoms with van der Waals surface area (Å²) in [5.41, 5.74) is 1.47. The molecule has 1 N–H and O–H groups in total. The fourth-order valence-electron chi connectivity index (χ4n) is 2.82. The van der Waals surface area contributed by atoms with Crippen molar-refractivity contribution in [3.8, 4) is 0 Å². The van der Waals surface area contributed by atoms with Crippen LogP contribution in [0.5, 0.6) is 0 Å². The van der Waals surface area contributed by atoms with Gasteiger partial charge in [-0.1, -0.05) is 43.2 Å². The molecule has 2 nitrogen and oxygen atoms in total. The smallest absolute Gasteiger partial charge is 0.159 e. The van der Waals surface area contributed by atoms with Crippen molar-refractivity contribution in [3.05, 3.63) is 35.5 Å². The normalized spacial score (nSPS) is 35.2. The number of allylic oxidation sites excluding steroid dienone is 5. The van der Waals surface area contributed by atoms with Crippen LogP contribution in [0, 0.1) is 11.8 Å². The molecule has 0 unspecified atom stereocenters. The molecule has 0 spiro atoms. The lowest BCUT2D eigenvalue weighted by molar-refractivity contribution is -0.114. The molecule has 0 saturated carbocycles. The maximum atomic E-state index is 12.0. The van der Waals surface area contributed by atoms with E-state index in [9.17, 15) is 9.90 Å². The van der Waals surface area contributed by atoms with Gasteiger partial charge >= 0.3 is 0 Å². The van der Waals surface area contributed by atoms with E-state index in [2.05, 4.69) is 26.0 Å². The quantitative estimate of drug-likeness (QED) is 0.693. The second-order valence-corrected chi connectivity index (χ2v) is 7.39. The van der Waals surface area contributed by atoms with E-state index in [4.69, 9.17) is 0 Å². The molecule has 2 heteroatoms. The average Bonchev–Trinajstić information content (AvgIpc) is 2.36. The van der Waals surface area contributed by atoms with Crippen LogP contribution in [0.2, 0.25) is 0 Å². The largest absolute Gasteiger partial charge is 0.386 e. The van der Waals surface area contributed by atoms with Crippen LogP contribution in [0.4, 0.5) is 0 Å². The van der Waals surface area contributed by atoms with Gasteiger partial charge in [-0.25, -0.2) is 0 Å². The highest BCUT2D eigenvalue weighted by Gasteiger charge is 2.18. The number of aliphatic hydroxyl groups is 1. The highest BCUT2D eigenvalue weighted by atomic mass is 16.3. The molecule has 1 aliphatic rings. The summed E-state index contributed by atoms with van der Waals surface area (Å²) in [5.74, 6) is 1.16. The van der Waals surface area contributed by atoms with E-state index in [1.807, 2.05) is 26.8 Å². The number of hydrogen-bond acceptors (Lipinski definition) is 2. The van der Waals surface area contributed by atoms with Gasteiger partial charge in [-0.2, -0.15) is 0 Å². The Morgan fingerprint density at radius 3 is 2.59 bits per heavy atom. The van der Waals surface area contributed by atoms with Gasteiger partial charge in [0, 0.05) is 6.42 Å². The zero-order valence-electron chi connectivity index (χ0n) is 14.9. The van der Waals surface area contributed by atoms with Gasteiger partial charge in [0.25, 0.3) is 0 Å². The average molecular weight is 304 g/mol. The molecule has 0 bridgehead atoms. The van der Waals surface area contributed by atoms with Gasteiger partial charge in [0.05, 0.1) is 5.60 Å². The minimum absolute atomic E-state index is 0.187. The molecule has 124 valence electrons. The Balaban J connectivity index is 2.98. The Morgan fingerprint density at radius 1 is 1.27 bits per heavy atom. The van der Waals surface area contributed by atoms with E-state index in [1.165, 1.54) is 0 Å². The van der Waals surface area contributed by atoms with Crippen molar-refractivity contribution >= 4 is 5.78 Å². The lowest BCUT2D eigenvalue weighted by atomic mass is 9.87. The van der Waals surface area contributed by atoms with E-state index in [0.717, 1.165) is 30.4 Å². The van der Waals surface area contributed by atoms with Crippen LogP contribution in [0.3, 0.4) is 0 Å². The van der Waals surface area contributed by atoms with Crippen LogP contribution in [0.15, 0.2) is 35.5 Å². The van der Waals surface area contributed by atoms with Gasteiger partial charge in [0.15, 0.2) is 5.78 Å². The van der Waals surface area contributed by atoms with Crippen molar-refractivity contribution in [3.63, 3.8) is 0 Å². The van der Waals surface area contributed by atoms with Crippen molar-refractivity contribution in [2.75, 3.05) is 0 Å². The molecule has 0 radical (unpaired) electrons. The van der Waals surface area contributed by atoms with Gasteiger partial charge in [0.1, 0.15) is 0 Å². The summed E-state index contributed by atoms with van der Waals surface area (Å²) in [6.45, 7) is 10.3. The maximum absolute atomic E-state index is 12.0. The van der Waals surface area contributed by atoms with Crippen molar-refractivity contribution in [1.82, 2.24) is 0 Å². The second-order valence-electron chi connectivity index (χ2n) is 7.39. The van der Waals surface area contributed by atoms with Crippen molar-refractivity contribution in [1.29, 1.82) is 0 Å². The lowest BCUT2D eigenvalue weighted by Crippen LogP contribution is -2.21. The number of carbonyl (C=O) groups is 1. The highest BCUT2D eigenvalue weighted by molar-refractivity contribution is 5.91. The number of carbonyl (C=O) groups excluding carboxylic acids is 1. The topological polar surface area (TPSA) is 37.3 Å². The van der Waals surface area contributed by atoms with E-state index in [-0.39, 0.29) is 5.78 Å². The summed E-state index contributed by atoms with van der Waals surface area (Å²) in [6.07, 6.45) is 12.0. The maximum Gasteiger partial charge on any atom is 0.159 e. The molecule has 0 aromatic carbocycles. The Labute approximate surface area is 136 Å². The number of rotatable bonds is 1. The van der Waals surface area contributed by atoms with Gasteiger partial charge in [-0.15, -0.1) is 0 Å². The van der Waals surface area contributed by atoms with Crippen LogP contribution in [0.25, 0.3) is 0 Å². The summed E-state index contributed by atoms with van der Waals surface area (Å²) >= 11 is 0. The number of ketones is 1. The Hall–Kier alpha value is -1.15. The minimum atomic E-state index is -0.775. The summed E-state index contributed by atoms with van der Waals surface area (Å²) < 4.78 is 0. The highest BCUT2D eigenvalue weighted by Crippen LogP contribution is 2.24. The molecule has 0 aliphatic heterocycles. The van der Waals surface area contributed by atoms with Crippen molar-refractivity contribution in [2.24, 2.45) is 11.8 Å². The molecule has 1 aliphatic carbocycles. The predicted octanol–water partition coefficient (Wildman–Crippen LogP) is 4.99. The standard InChI is InChI=1S/C20H32O2/c1-15(2)18-9-8-17(4)14-19(21)13-16(3)7-6-11-20(5,22)12-10-18/h7,10,12,14-15,18,22H,6,8-9,11,13H2,1-5H3/b12-10+,16-7-,17-14-/t18-,20-/m1/s1. The second kappa shape index (κ2) is 8.47. The van der Waals surface area contributed by atoms with E-state index in [0.29, 0.717) is 24.7 Å². The van der Waals surface area contributed by atoms with Crippen LogP contribution in [0.1, 0.15) is 66.7 Å². The molecule has 0 aromatic heterocycles. The molecule has 0 fully saturated rings. The van der Waals surface area contributed by atoms with Crippen LogP contribution >= 0.6 is 0 Å². The summed E-state index contributed by atoms with van der Waals surface area (Å²) in [7, 11) is 0. The first-order valence-electron chi connectivity index (χ1n) is 8.47. The first kappa shape index (κ1) is 18.9. The Morgan fingerprint density at radius 2 is 1.95 bits per heavy atom. The molecule has 0 saturated heterocycles. The van der Waals surface area contributed by atoms with E-state index in [1.54, 1.807) is 6.08 Å². The third-order valence-electron chi connectivity index (χ3n) is 4.43. The fourth-order valence-corrected chi connectivity index (χ4v) is 2.82. The summed E-state index contributed by atoms with van der Waals surface area (Å²) in [6, 6.07) is 0. The van der Waals surface area contributed by atoms with Crippen LogP contribution < -0.4 is 0 Å². The summed E-state index contributed by atoms with van der Waals surface area (Å²) in [5, 5.41) is 10.5. The van der Waals surface area contributed by atoms with Gasteiger partial charge in [0.2, 0.25) is 0 Å².